The van der Waals surface area contributed by atoms with Crippen molar-refractivity contribution in [3.63, 3.8) is 0 Å². The van der Waals surface area contributed by atoms with Crippen molar-refractivity contribution < 1.29 is 9.47 Å². The summed E-state index contributed by atoms with van der Waals surface area (Å²) < 4.78 is 16.1. The number of rotatable bonds is 9. The molecule has 2 heterocycles. The Morgan fingerprint density at radius 1 is 0.938 bits per heavy atom. The van der Waals surface area contributed by atoms with Crippen molar-refractivity contribution >= 4 is 29.5 Å². The van der Waals surface area contributed by atoms with Gasteiger partial charge in [0, 0.05) is 16.3 Å². The molecule has 0 unspecified atom stereocenters. The Balaban J connectivity index is 1.65. The molecule has 0 radical (unpaired) electrons. The smallest absolute Gasteiger partial charge is 0.245 e. The monoisotopic (exact) mass is 468 g/mol. The highest BCUT2D eigenvalue weighted by Gasteiger charge is 2.24. The summed E-state index contributed by atoms with van der Waals surface area (Å²) in [6, 6.07) is 17.6. The fraction of sp³-hybridized carbons (Fsp3) is 0.182. The van der Waals surface area contributed by atoms with Gasteiger partial charge in [-0.05, 0) is 36.1 Å². The Morgan fingerprint density at radius 2 is 1.62 bits per heavy atom. The molecule has 164 valence electrons. The molecule has 2 aromatic carbocycles. The first-order valence-corrected chi connectivity index (χ1v) is 11.1. The highest BCUT2D eigenvalue weighted by atomic mass is 35.5. The number of hydrogen-bond acceptors (Lipinski definition) is 8. The van der Waals surface area contributed by atoms with Crippen molar-refractivity contribution in [1.29, 1.82) is 0 Å². The van der Waals surface area contributed by atoms with Gasteiger partial charge < -0.3 is 9.47 Å². The largest absolute Gasteiger partial charge is 0.479 e. The van der Waals surface area contributed by atoms with Crippen LogP contribution in [0.15, 0.2) is 60.9 Å². The topological polar surface area (TPSA) is 87.0 Å². The van der Waals surface area contributed by atoms with E-state index in [1.54, 1.807) is 14.2 Å². The molecule has 4 rings (SSSR count). The third kappa shape index (κ3) is 4.79. The number of aromatic nitrogens is 5. The van der Waals surface area contributed by atoms with Crippen LogP contribution >= 0.6 is 23.5 Å². The third-order valence-corrected chi connectivity index (χ3v) is 5.62. The summed E-state index contributed by atoms with van der Waals surface area (Å²) in [5, 5.41) is 9.52. The zero-order valence-electron chi connectivity index (χ0n) is 17.5. The number of ether oxygens (including phenoxy) is 2. The molecule has 1 N–H and O–H groups in total. The Morgan fingerprint density at radius 3 is 2.28 bits per heavy atom. The van der Waals surface area contributed by atoms with E-state index in [0.717, 1.165) is 22.8 Å². The maximum atomic E-state index is 5.96. The van der Waals surface area contributed by atoms with Gasteiger partial charge in [-0.3, -0.25) is 9.29 Å². The number of benzene rings is 2. The second-order valence-corrected chi connectivity index (χ2v) is 7.95. The maximum absolute atomic E-state index is 5.96. The zero-order valence-corrected chi connectivity index (χ0v) is 19.1. The minimum Gasteiger partial charge on any atom is -0.479 e. The highest BCUT2D eigenvalue weighted by molar-refractivity contribution is 8.00. The molecule has 0 saturated heterocycles. The predicted octanol–water partition coefficient (Wildman–Crippen LogP) is 4.70. The Bertz CT molecular complexity index is 1150. The lowest BCUT2D eigenvalue weighted by Gasteiger charge is -2.15. The van der Waals surface area contributed by atoms with Gasteiger partial charge in [0.1, 0.15) is 6.33 Å². The molecule has 0 amide bonds. The molecular formula is C22H21ClN6O2S. The van der Waals surface area contributed by atoms with Crippen LogP contribution in [0.5, 0.6) is 11.8 Å². The summed E-state index contributed by atoms with van der Waals surface area (Å²) >= 11 is 7.49. The SMILES string of the molecule is COc1ncnc(OC)c1-n1c(NSCCc2ccc(Cl)cc2)nnc1-c1ccccc1. The number of anilines is 1. The Hall–Kier alpha value is -3.30. The van der Waals surface area contributed by atoms with E-state index in [4.69, 9.17) is 21.1 Å². The van der Waals surface area contributed by atoms with Gasteiger partial charge in [-0.2, -0.15) is 9.97 Å². The molecule has 32 heavy (non-hydrogen) atoms. The van der Waals surface area contributed by atoms with E-state index in [9.17, 15) is 0 Å². The summed E-state index contributed by atoms with van der Waals surface area (Å²) in [5.41, 5.74) is 2.60. The van der Waals surface area contributed by atoms with Crippen molar-refractivity contribution in [2.75, 3.05) is 24.7 Å². The maximum Gasteiger partial charge on any atom is 0.245 e. The van der Waals surface area contributed by atoms with Crippen LogP contribution < -0.4 is 14.2 Å². The summed E-state index contributed by atoms with van der Waals surface area (Å²) in [5.74, 6) is 2.63. The van der Waals surface area contributed by atoms with Gasteiger partial charge in [-0.1, -0.05) is 54.1 Å². The van der Waals surface area contributed by atoms with Gasteiger partial charge in [-0.15, -0.1) is 10.2 Å². The fourth-order valence-electron chi connectivity index (χ4n) is 3.11. The lowest BCUT2D eigenvalue weighted by atomic mass is 10.2. The van der Waals surface area contributed by atoms with Crippen molar-refractivity contribution in [2.24, 2.45) is 0 Å². The number of nitrogens with zero attached hydrogens (tertiary/aromatic N) is 5. The number of halogens is 1. The van der Waals surface area contributed by atoms with Crippen LogP contribution in [-0.4, -0.2) is 44.7 Å². The average molecular weight is 469 g/mol. The van der Waals surface area contributed by atoms with Crippen LogP contribution in [0.3, 0.4) is 0 Å². The van der Waals surface area contributed by atoms with E-state index in [1.165, 1.54) is 23.8 Å². The lowest BCUT2D eigenvalue weighted by Crippen LogP contribution is -2.09. The molecule has 0 bridgehead atoms. The quantitative estimate of drug-likeness (QED) is 0.279. The summed E-state index contributed by atoms with van der Waals surface area (Å²) in [7, 11) is 3.09. The number of aryl methyl sites for hydroxylation is 1. The van der Waals surface area contributed by atoms with Crippen LogP contribution in [0.1, 0.15) is 5.56 Å². The minimum absolute atomic E-state index is 0.350. The summed E-state index contributed by atoms with van der Waals surface area (Å²) in [6.45, 7) is 0. The van der Waals surface area contributed by atoms with Gasteiger partial charge in [0.25, 0.3) is 0 Å². The van der Waals surface area contributed by atoms with Crippen molar-refractivity contribution in [3.8, 4) is 28.8 Å². The number of hydrogen-bond donors (Lipinski definition) is 1. The Labute approximate surface area is 195 Å². The van der Waals surface area contributed by atoms with Crippen molar-refractivity contribution in [1.82, 2.24) is 24.7 Å². The molecular weight excluding hydrogens is 448 g/mol. The number of methoxy groups -OCH3 is 2. The molecule has 0 aliphatic heterocycles. The van der Waals surface area contributed by atoms with Crippen LogP contribution in [0.2, 0.25) is 5.02 Å². The molecule has 0 aliphatic carbocycles. The number of nitrogens with one attached hydrogen (secondary N) is 1. The molecule has 2 aromatic heterocycles. The van der Waals surface area contributed by atoms with Gasteiger partial charge in [0.2, 0.25) is 17.7 Å². The van der Waals surface area contributed by atoms with E-state index < -0.39 is 0 Å². The molecule has 8 nitrogen and oxygen atoms in total. The van der Waals surface area contributed by atoms with Gasteiger partial charge >= 0.3 is 0 Å². The molecule has 0 atom stereocenters. The van der Waals surface area contributed by atoms with E-state index in [0.29, 0.717) is 29.2 Å². The summed E-state index contributed by atoms with van der Waals surface area (Å²) in [4.78, 5) is 8.49. The second-order valence-electron chi connectivity index (χ2n) is 6.62. The predicted molar refractivity (Wildman–Crippen MR) is 127 cm³/mol. The van der Waals surface area contributed by atoms with E-state index in [-0.39, 0.29) is 0 Å². The highest BCUT2D eigenvalue weighted by Crippen LogP contribution is 2.35. The first-order chi connectivity index (χ1) is 15.7. The molecule has 10 heteroatoms. The van der Waals surface area contributed by atoms with Gasteiger partial charge in [0.15, 0.2) is 11.5 Å². The zero-order chi connectivity index (χ0) is 22.3. The normalized spacial score (nSPS) is 10.7. The Kier molecular flexibility index (Phi) is 7.08. The van der Waals surface area contributed by atoms with Crippen LogP contribution in [-0.2, 0) is 6.42 Å². The van der Waals surface area contributed by atoms with Gasteiger partial charge in [0.05, 0.1) is 14.2 Å². The molecule has 0 saturated carbocycles. The van der Waals surface area contributed by atoms with Gasteiger partial charge in [-0.25, -0.2) is 0 Å². The second kappa shape index (κ2) is 10.3. The first kappa shape index (κ1) is 21.9. The third-order valence-electron chi connectivity index (χ3n) is 4.63. The molecule has 0 aliphatic rings. The van der Waals surface area contributed by atoms with Crippen LogP contribution in [0.4, 0.5) is 5.95 Å². The van der Waals surface area contributed by atoms with Crippen molar-refractivity contribution in [2.45, 2.75) is 6.42 Å². The molecule has 4 aromatic rings. The molecule has 0 fully saturated rings. The standard InChI is InChI=1S/C22H21ClN6O2S/c1-30-20-18(21(31-2)25-14-24-20)29-19(16-6-4-3-5-7-16)26-27-22(29)28-32-13-12-15-8-10-17(23)11-9-15/h3-11,14H,12-13H2,1-2H3,(H,27,28). The lowest BCUT2D eigenvalue weighted by molar-refractivity contribution is 0.368. The van der Waals surface area contributed by atoms with E-state index >= 15 is 0 Å². The first-order valence-electron chi connectivity index (χ1n) is 9.77. The van der Waals surface area contributed by atoms with Crippen LogP contribution in [0, 0.1) is 0 Å². The van der Waals surface area contributed by atoms with E-state index in [1.807, 2.05) is 59.2 Å². The molecule has 0 spiro atoms. The van der Waals surface area contributed by atoms with E-state index in [2.05, 4.69) is 24.9 Å². The minimum atomic E-state index is 0.350. The van der Waals surface area contributed by atoms with Crippen LogP contribution in [0.25, 0.3) is 17.1 Å². The average Bonchev–Trinajstić information content (AvgIpc) is 3.26. The summed E-state index contributed by atoms with van der Waals surface area (Å²) in [6.07, 6.45) is 2.26. The van der Waals surface area contributed by atoms with Crippen molar-refractivity contribution in [3.05, 3.63) is 71.5 Å². The fourth-order valence-corrected chi connectivity index (χ4v) is 3.94.